The summed E-state index contributed by atoms with van der Waals surface area (Å²) in [5.41, 5.74) is 2.26. The summed E-state index contributed by atoms with van der Waals surface area (Å²) in [6.07, 6.45) is 5.47. The van der Waals surface area contributed by atoms with Gasteiger partial charge in [-0.2, -0.15) is 5.10 Å². The molecule has 6 heteroatoms. The average molecular weight is 273 g/mol. The van der Waals surface area contributed by atoms with Crippen molar-refractivity contribution < 1.29 is 0 Å². The lowest BCUT2D eigenvalue weighted by atomic mass is 10.2. The van der Waals surface area contributed by atoms with E-state index in [2.05, 4.69) is 43.9 Å². The molecular weight excluding hydrogens is 258 g/mol. The fraction of sp³-hybridized carbons (Fsp3) is 0.231. The van der Waals surface area contributed by atoms with Crippen LogP contribution in [0.3, 0.4) is 0 Å². The Bertz CT molecular complexity index is 611. The molecule has 0 saturated carbocycles. The first-order chi connectivity index (χ1) is 9.34. The molecule has 0 radical (unpaired) electrons. The normalized spacial score (nSPS) is 12.7. The summed E-state index contributed by atoms with van der Waals surface area (Å²) < 4.78 is 0. The van der Waals surface area contributed by atoms with Gasteiger partial charge in [-0.15, -0.1) is 11.3 Å². The first-order valence-electron chi connectivity index (χ1n) is 6.13. The number of H-pyrrole nitrogens is 2. The zero-order valence-electron chi connectivity index (χ0n) is 10.6. The van der Waals surface area contributed by atoms with Gasteiger partial charge in [0.2, 0.25) is 0 Å². The first kappa shape index (κ1) is 12.1. The molecule has 0 aliphatic heterocycles. The molecule has 0 fully saturated rings. The van der Waals surface area contributed by atoms with Crippen molar-refractivity contribution in [3.8, 4) is 10.6 Å². The molecule has 5 nitrogen and oxygen atoms in total. The third-order valence-corrected chi connectivity index (χ3v) is 3.90. The summed E-state index contributed by atoms with van der Waals surface area (Å²) in [5.74, 6) is 0.946. The molecule has 0 bridgehead atoms. The van der Waals surface area contributed by atoms with Gasteiger partial charge in [0, 0.05) is 24.5 Å². The van der Waals surface area contributed by atoms with Gasteiger partial charge in [0.15, 0.2) is 0 Å². The van der Waals surface area contributed by atoms with Gasteiger partial charge in [0.25, 0.3) is 0 Å². The topological polar surface area (TPSA) is 69.4 Å². The van der Waals surface area contributed by atoms with Crippen molar-refractivity contribution in [2.24, 2.45) is 0 Å². The minimum atomic E-state index is 0.182. The van der Waals surface area contributed by atoms with Crippen LogP contribution in [0.2, 0.25) is 0 Å². The summed E-state index contributed by atoms with van der Waals surface area (Å²) in [6.45, 7) is 2.84. The Kier molecular flexibility index (Phi) is 3.43. The van der Waals surface area contributed by atoms with E-state index in [1.807, 2.05) is 18.5 Å². The summed E-state index contributed by atoms with van der Waals surface area (Å²) in [4.78, 5) is 8.57. The van der Waals surface area contributed by atoms with E-state index in [0.29, 0.717) is 0 Å². The Morgan fingerprint density at radius 3 is 3.16 bits per heavy atom. The van der Waals surface area contributed by atoms with Gasteiger partial charge in [-0.1, -0.05) is 6.07 Å². The van der Waals surface area contributed by atoms with Gasteiger partial charge in [0.05, 0.1) is 22.8 Å². The molecule has 0 aliphatic carbocycles. The van der Waals surface area contributed by atoms with Crippen LogP contribution < -0.4 is 5.32 Å². The second-order valence-corrected chi connectivity index (χ2v) is 5.27. The van der Waals surface area contributed by atoms with Crippen LogP contribution in [-0.2, 0) is 6.54 Å². The number of aromatic amines is 2. The fourth-order valence-corrected chi connectivity index (χ4v) is 2.71. The molecule has 3 aromatic rings. The monoisotopic (exact) mass is 273 g/mol. The van der Waals surface area contributed by atoms with Crippen LogP contribution in [0.4, 0.5) is 0 Å². The van der Waals surface area contributed by atoms with Crippen LogP contribution >= 0.6 is 11.3 Å². The molecule has 3 heterocycles. The molecule has 0 saturated heterocycles. The van der Waals surface area contributed by atoms with Gasteiger partial charge in [-0.05, 0) is 18.4 Å². The molecule has 0 aromatic carbocycles. The van der Waals surface area contributed by atoms with E-state index in [1.165, 1.54) is 10.4 Å². The molecule has 1 unspecified atom stereocenters. The second kappa shape index (κ2) is 5.38. The minimum absolute atomic E-state index is 0.182. The molecule has 0 amide bonds. The van der Waals surface area contributed by atoms with Crippen LogP contribution in [0.15, 0.2) is 36.1 Å². The predicted octanol–water partition coefficient (Wildman–Crippen LogP) is 2.71. The van der Waals surface area contributed by atoms with E-state index >= 15 is 0 Å². The van der Waals surface area contributed by atoms with Gasteiger partial charge < -0.3 is 10.3 Å². The summed E-state index contributed by atoms with van der Waals surface area (Å²) in [6, 6.07) is 4.32. The standard InChI is InChI=1S/C13H15N5S/c1-9(13-14-4-5-15-13)16-7-10-8-17-18-12(10)11-3-2-6-19-11/h2-6,8-9,16H,7H2,1H3,(H,14,15)(H,17,18). The number of aromatic nitrogens is 4. The van der Waals surface area contributed by atoms with Crippen molar-refractivity contribution >= 4 is 11.3 Å². The number of hydrogen-bond donors (Lipinski definition) is 3. The van der Waals surface area contributed by atoms with E-state index in [9.17, 15) is 0 Å². The van der Waals surface area contributed by atoms with Crippen molar-refractivity contribution in [3.05, 3.63) is 47.5 Å². The van der Waals surface area contributed by atoms with Crippen molar-refractivity contribution in [2.45, 2.75) is 19.5 Å². The Morgan fingerprint density at radius 1 is 1.47 bits per heavy atom. The van der Waals surface area contributed by atoms with E-state index in [0.717, 1.165) is 18.1 Å². The highest BCUT2D eigenvalue weighted by atomic mass is 32.1. The van der Waals surface area contributed by atoms with Crippen LogP contribution in [0.1, 0.15) is 24.4 Å². The highest BCUT2D eigenvalue weighted by Gasteiger charge is 2.11. The molecular formula is C13H15N5S. The Labute approximate surface area is 115 Å². The van der Waals surface area contributed by atoms with Crippen LogP contribution in [-0.4, -0.2) is 20.2 Å². The number of nitrogens with zero attached hydrogens (tertiary/aromatic N) is 2. The van der Waals surface area contributed by atoms with Crippen molar-refractivity contribution in [2.75, 3.05) is 0 Å². The summed E-state index contributed by atoms with van der Waals surface area (Å²) >= 11 is 1.71. The van der Waals surface area contributed by atoms with Gasteiger partial charge in [-0.3, -0.25) is 5.10 Å². The maximum absolute atomic E-state index is 4.25. The lowest BCUT2D eigenvalue weighted by Crippen LogP contribution is -2.19. The van der Waals surface area contributed by atoms with Crippen LogP contribution in [0.5, 0.6) is 0 Å². The SMILES string of the molecule is CC(NCc1cn[nH]c1-c1cccs1)c1ncc[nH]1. The molecule has 0 aliphatic rings. The number of imidazole rings is 1. The zero-order valence-corrected chi connectivity index (χ0v) is 11.4. The van der Waals surface area contributed by atoms with Gasteiger partial charge >= 0.3 is 0 Å². The van der Waals surface area contributed by atoms with E-state index in [1.54, 1.807) is 17.5 Å². The minimum Gasteiger partial charge on any atom is -0.347 e. The van der Waals surface area contributed by atoms with Crippen LogP contribution in [0.25, 0.3) is 10.6 Å². The molecule has 19 heavy (non-hydrogen) atoms. The van der Waals surface area contributed by atoms with Crippen molar-refractivity contribution in [1.82, 2.24) is 25.5 Å². The van der Waals surface area contributed by atoms with Gasteiger partial charge in [0.1, 0.15) is 5.82 Å². The molecule has 3 N–H and O–H groups in total. The number of thiophene rings is 1. The quantitative estimate of drug-likeness (QED) is 0.669. The molecule has 3 rings (SSSR count). The highest BCUT2D eigenvalue weighted by molar-refractivity contribution is 7.13. The number of hydrogen-bond acceptors (Lipinski definition) is 4. The summed E-state index contributed by atoms with van der Waals surface area (Å²) in [7, 11) is 0. The Morgan fingerprint density at radius 2 is 2.42 bits per heavy atom. The maximum atomic E-state index is 4.25. The summed E-state index contributed by atoms with van der Waals surface area (Å²) in [5, 5.41) is 12.7. The van der Waals surface area contributed by atoms with Crippen molar-refractivity contribution in [1.29, 1.82) is 0 Å². The first-order valence-corrected chi connectivity index (χ1v) is 7.01. The van der Waals surface area contributed by atoms with Crippen molar-refractivity contribution in [3.63, 3.8) is 0 Å². The van der Waals surface area contributed by atoms with Gasteiger partial charge in [-0.25, -0.2) is 4.98 Å². The Balaban J connectivity index is 1.70. The van der Waals surface area contributed by atoms with Crippen LogP contribution in [0, 0.1) is 0 Å². The second-order valence-electron chi connectivity index (χ2n) is 4.32. The van der Waals surface area contributed by atoms with E-state index in [4.69, 9.17) is 0 Å². The molecule has 0 spiro atoms. The third kappa shape index (κ3) is 2.59. The van der Waals surface area contributed by atoms with E-state index in [-0.39, 0.29) is 6.04 Å². The number of nitrogens with one attached hydrogen (secondary N) is 3. The lowest BCUT2D eigenvalue weighted by Gasteiger charge is -2.11. The Hall–Kier alpha value is -1.92. The number of rotatable bonds is 5. The lowest BCUT2D eigenvalue weighted by molar-refractivity contribution is 0.551. The average Bonchev–Trinajstić information content (AvgIpc) is 3.14. The van der Waals surface area contributed by atoms with E-state index < -0.39 is 0 Å². The zero-order chi connectivity index (χ0) is 13.1. The predicted molar refractivity (Wildman–Crippen MR) is 75.7 cm³/mol. The molecule has 1 atom stereocenters. The smallest absolute Gasteiger partial charge is 0.122 e. The molecule has 3 aromatic heterocycles. The highest BCUT2D eigenvalue weighted by Crippen LogP contribution is 2.25. The maximum Gasteiger partial charge on any atom is 0.122 e. The molecule has 98 valence electrons. The fourth-order valence-electron chi connectivity index (χ4n) is 1.95. The largest absolute Gasteiger partial charge is 0.347 e. The third-order valence-electron chi connectivity index (χ3n) is 3.01.